The van der Waals surface area contributed by atoms with Gasteiger partial charge in [-0.2, -0.15) is 0 Å². The molecule has 1 aromatic carbocycles. The number of benzene rings is 1. The monoisotopic (exact) mass is 409 g/mol. The number of fused-ring (bicyclic) bond motifs is 1. The number of amides is 1. The van der Waals surface area contributed by atoms with Crippen molar-refractivity contribution in [3.05, 3.63) is 53.4 Å². The molecule has 2 aliphatic rings. The topological polar surface area (TPSA) is 99.4 Å². The second kappa shape index (κ2) is 8.10. The molecule has 150 valence electrons. The van der Waals surface area contributed by atoms with Crippen LogP contribution in [-0.4, -0.2) is 48.3 Å². The van der Waals surface area contributed by atoms with Gasteiger partial charge in [0.1, 0.15) is 30.1 Å². The lowest BCUT2D eigenvalue weighted by molar-refractivity contribution is -0.336. The molecule has 2 fully saturated rings. The maximum Gasteiger partial charge on any atom is 0.223 e. The van der Waals surface area contributed by atoms with Gasteiger partial charge in [0, 0.05) is 6.92 Å². The number of rotatable bonds is 4. The fourth-order valence-electron chi connectivity index (χ4n) is 3.32. The first-order chi connectivity index (χ1) is 13.5. The van der Waals surface area contributed by atoms with Crippen molar-refractivity contribution in [1.29, 1.82) is 0 Å². The molecule has 8 nitrogen and oxygen atoms in total. The molecule has 6 atom stereocenters. The van der Waals surface area contributed by atoms with Gasteiger partial charge in [0.05, 0.1) is 17.9 Å². The number of aliphatic hydroxyl groups is 1. The average Bonchev–Trinajstić information content (AvgIpc) is 3.21. The lowest BCUT2D eigenvalue weighted by Crippen LogP contribution is -2.67. The molecule has 4 rings (SSSR count). The third kappa shape index (κ3) is 3.87. The molecule has 0 bridgehead atoms. The van der Waals surface area contributed by atoms with E-state index in [0.29, 0.717) is 16.5 Å². The molecule has 1 aromatic heterocycles. The zero-order chi connectivity index (χ0) is 19.7. The first-order valence-corrected chi connectivity index (χ1v) is 9.23. The highest BCUT2D eigenvalue weighted by Crippen LogP contribution is 2.35. The largest absolute Gasteiger partial charge is 0.464 e. The Bertz CT molecular complexity index is 814. The molecule has 2 N–H and O–H groups in total. The molecule has 0 unspecified atom stereocenters. The van der Waals surface area contributed by atoms with E-state index >= 15 is 0 Å². The maximum atomic E-state index is 11.7. The standard InChI is InChI=1S/C19H20ClNO7/c1-10(22)21-15-16(23)17-14(9-25-18(28-17)13-7-4-8-24-13)27-19(15)26-12-6-3-2-5-11(12)20/h2-8,14-19,23H,9H2,1H3,(H,21,22)/t14-,15+,16-,17+,18-,19-/m1/s1. The highest BCUT2D eigenvalue weighted by molar-refractivity contribution is 6.32. The van der Waals surface area contributed by atoms with E-state index in [1.165, 1.54) is 13.2 Å². The number of hydrogen-bond donors (Lipinski definition) is 2. The highest BCUT2D eigenvalue weighted by atomic mass is 35.5. The van der Waals surface area contributed by atoms with Crippen LogP contribution in [0.25, 0.3) is 0 Å². The van der Waals surface area contributed by atoms with Crippen LogP contribution in [0.15, 0.2) is 47.1 Å². The summed E-state index contributed by atoms with van der Waals surface area (Å²) in [5.74, 6) is 0.519. The minimum atomic E-state index is -1.10. The molecule has 2 aliphatic heterocycles. The summed E-state index contributed by atoms with van der Waals surface area (Å²) in [5, 5.41) is 14.0. The smallest absolute Gasteiger partial charge is 0.223 e. The fourth-order valence-corrected chi connectivity index (χ4v) is 3.50. The zero-order valence-corrected chi connectivity index (χ0v) is 15.7. The molecule has 0 saturated carbocycles. The molecule has 2 aromatic rings. The molecule has 28 heavy (non-hydrogen) atoms. The Morgan fingerprint density at radius 2 is 2.07 bits per heavy atom. The number of carbonyl (C=O) groups is 1. The van der Waals surface area contributed by atoms with Gasteiger partial charge in [0.15, 0.2) is 5.76 Å². The molecular formula is C19H20ClNO7. The van der Waals surface area contributed by atoms with Gasteiger partial charge >= 0.3 is 0 Å². The van der Waals surface area contributed by atoms with Gasteiger partial charge in [-0.05, 0) is 24.3 Å². The number of ether oxygens (including phenoxy) is 4. The molecule has 0 aliphatic carbocycles. The van der Waals surface area contributed by atoms with Crippen molar-refractivity contribution in [1.82, 2.24) is 5.32 Å². The lowest BCUT2D eigenvalue weighted by Gasteiger charge is -2.47. The van der Waals surface area contributed by atoms with Gasteiger partial charge in [-0.1, -0.05) is 23.7 Å². The first-order valence-electron chi connectivity index (χ1n) is 8.85. The van der Waals surface area contributed by atoms with Gasteiger partial charge in [-0.25, -0.2) is 0 Å². The van der Waals surface area contributed by atoms with Crippen LogP contribution in [0.5, 0.6) is 5.75 Å². The minimum absolute atomic E-state index is 0.155. The van der Waals surface area contributed by atoms with Gasteiger partial charge < -0.3 is 33.8 Å². The molecule has 3 heterocycles. The van der Waals surface area contributed by atoms with Crippen molar-refractivity contribution >= 4 is 17.5 Å². The molecule has 0 radical (unpaired) electrons. The van der Waals surface area contributed by atoms with E-state index in [2.05, 4.69) is 5.32 Å². The molecule has 2 saturated heterocycles. The predicted octanol–water partition coefficient (Wildman–Crippen LogP) is 2.02. The fraction of sp³-hybridized carbons (Fsp3) is 0.421. The Hall–Kier alpha value is -2.10. The summed E-state index contributed by atoms with van der Waals surface area (Å²) in [6.45, 7) is 1.50. The number of halogens is 1. The van der Waals surface area contributed by atoms with Crippen LogP contribution in [0, 0.1) is 0 Å². The van der Waals surface area contributed by atoms with Crippen molar-refractivity contribution in [2.24, 2.45) is 0 Å². The Balaban J connectivity index is 1.55. The van der Waals surface area contributed by atoms with Crippen molar-refractivity contribution in [3.63, 3.8) is 0 Å². The number of nitrogens with one attached hydrogen (secondary N) is 1. The van der Waals surface area contributed by atoms with E-state index < -0.39 is 36.9 Å². The Morgan fingerprint density at radius 1 is 1.25 bits per heavy atom. The molecular weight excluding hydrogens is 390 g/mol. The summed E-state index contributed by atoms with van der Waals surface area (Å²) in [7, 11) is 0. The van der Waals surface area contributed by atoms with Crippen molar-refractivity contribution in [2.45, 2.75) is 43.9 Å². The normalized spacial score (nSPS) is 32.4. The van der Waals surface area contributed by atoms with E-state index in [1.54, 1.807) is 36.4 Å². The summed E-state index contributed by atoms with van der Waals surface area (Å²) in [6, 6.07) is 9.45. The first kappa shape index (κ1) is 19.2. The molecule has 1 amide bonds. The van der Waals surface area contributed by atoms with Crippen LogP contribution in [-0.2, 0) is 19.0 Å². The number of hydrogen-bond acceptors (Lipinski definition) is 7. The molecule has 9 heteroatoms. The SMILES string of the molecule is CC(=O)N[C@@H]1[C@H](Oc2ccccc2Cl)O[C@@H]2CO[C@@H](c3ccco3)O[C@@H]2[C@@H]1O. The Kier molecular flexibility index (Phi) is 5.56. The summed E-state index contributed by atoms with van der Waals surface area (Å²) in [6.07, 6.45) is -2.68. The number of carbonyl (C=O) groups excluding carboxylic acids is 1. The van der Waals surface area contributed by atoms with Crippen LogP contribution in [0.4, 0.5) is 0 Å². The van der Waals surface area contributed by atoms with Crippen molar-refractivity contribution in [2.75, 3.05) is 6.61 Å². The van der Waals surface area contributed by atoms with Crippen LogP contribution in [0.2, 0.25) is 5.02 Å². The third-order valence-corrected chi connectivity index (χ3v) is 4.90. The number of para-hydroxylation sites is 1. The summed E-state index contributed by atoms with van der Waals surface area (Å²) < 4.78 is 28.6. The van der Waals surface area contributed by atoms with Gasteiger partial charge in [-0.3, -0.25) is 4.79 Å². The quantitative estimate of drug-likeness (QED) is 0.796. The predicted molar refractivity (Wildman–Crippen MR) is 96.6 cm³/mol. The summed E-state index contributed by atoms with van der Waals surface area (Å²) >= 11 is 6.16. The van der Waals surface area contributed by atoms with Gasteiger partial charge in [0.25, 0.3) is 0 Å². The van der Waals surface area contributed by atoms with Gasteiger partial charge in [-0.15, -0.1) is 0 Å². The van der Waals surface area contributed by atoms with Crippen LogP contribution in [0.3, 0.4) is 0 Å². The van der Waals surface area contributed by atoms with Crippen molar-refractivity contribution < 1.29 is 33.3 Å². The second-order valence-corrected chi connectivity index (χ2v) is 7.00. The second-order valence-electron chi connectivity index (χ2n) is 6.59. The van der Waals surface area contributed by atoms with E-state index in [1.807, 2.05) is 0 Å². The van der Waals surface area contributed by atoms with Crippen LogP contribution < -0.4 is 10.1 Å². The average molecular weight is 410 g/mol. The summed E-state index contributed by atoms with van der Waals surface area (Å²) in [5.41, 5.74) is 0. The third-order valence-electron chi connectivity index (χ3n) is 4.59. The van der Waals surface area contributed by atoms with E-state index in [0.717, 1.165) is 0 Å². The maximum absolute atomic E-state index is 11.7. The number of aliphatic hydroxyl groups excluding tert-OH is 1. The molecule has 0 spiro atoms. The van der Waals surface area contributed by atoms with E-state index in [4.69, 9.17) is 35.0 Å². The van der Waals surface area contributed by atoms with Crippen LogP contribution in [0.1, 0.15) is 19.0 Å². The van der Waals surface area contributed by atoms with Crippen molar-refractivity contribution in [3.8, 4) is 5.75 Å². The van der Waals surface area contributed by atoms with Crippen LogP contribution >= 0.6 is 11.6 Å². The minimum Gasteiger partial charge on any atom is -0.464 e. The zero-order valence-electron chi connectivity index (χ0n) is 15.0. The lowest BCUT2D eigenvalue weighted by atomic mass is 9.96. The van der Waals surface area contributed by atoms with E-state index in [9.17, 15) is 9.90 Å². The Labute approximate surface area is 166 Å². The number of furan rings is 1. The van der Waals surface area contributed by atoms with E-state index in [-0.39, 0.29) is 12.5 Å². The Morgan fingerprint density at radius 3 is 2.79 bits per heavy atom. The summed E-state index contributed by atoms with van der Waals surface area (Å²) in [4.78, 5) is 11.7. The van der Waals surface area contributed by atoms with Gasteiger partial charge in [0.2, 0.25) is 18.5 Å². The highest BCUT2D eigenvalue weighted by Gasteiger charge is 2.51.